The Morgan fingerprint density at radius 3 is 0.815 bits per heavy atom. The van der Waals surface area contributed by atoms with Crippen LogP contribution in [-0.4, -0.2) is 0 Å². The fourth-order valence-electron chi connectivity index (χ4n) is 9.17. The molecule has 0 saturated heterocycles. The highest BCUT2D eigenvalue weighted by atomic mass is 15.2. The third-order valence-electron chi connectivity index (χ3n) is 12.1. The molecule has 0 bridgehead atoms. The Morgan fingerprint density at radius 1 is 0.278 bits per heavy atom. The van der Waals surface area contributed by atoms with Crippen LogP contribution >= 0.6 is 0 Å². The van der Waals surface area contributed by atoms with Crippen molar-refractivity contribution in [2.75, 3.05) is 9.80 Å². The monoisotopic (exact) mass is 698 g/mol. The molecule has 0 saturated carbocycles. The zero-order chi connectivity index (χ0) is 37.4. The van der Waals surface area contributed by atoms with Crippen LogP contribution in [0, 0.1) is 55.4 Å². The van der Waals surface area contributed by atoms with Gasteiger partial charge in [-0.05, 0) is 192 Å². The van der Waals surface area contributed by atoms with Crippen LogP contribution in [0.1, 0.15) is 44.5 Å². The molecule has 0 N–H and O–H groups in total. The maximum atomic E-state index is 2.44. The van der Waals surface area contributed by atoms with E-state index in [0.29, 0.717) is 0 Å². The van der Waals surface area contributed by atoms with Gasteiger partial charge in [0.05, 0.1) is 0 Å². The van der Waals surface area contributed by atoms with Crippen LogP contribution in [0.25, 0.3) is 43.8 Å². The Hall–Kier alpha value is -6.12. The molecule has 54 heavy (non-hydrogen) atoms. The minimum Gasteiger partial charge on any atom is -0.310 e. The molecule has 0 fully saturated rings. The van der Waals surface area contributed by atoms with Gasteiger partial charge in [-0.2, -0.15) is 0 Å². The highest BCUT2D eigenvalue weighted by molar-refractivity contribution is 6.19. The number of hydrogen-bond acceptors (Lipinski definition) is 2. The van der Waals surface area contributed by atoms with E-state index < -0.39 is 0 Å². The molecule has 8 aromatic rings. The molecule has 9 rings (SSSR count). The van der Waals surface area contributed by atoms with Crippen LogP contribution in [0.15, 0.2) is 133 Å². The summed E-state index contributed by atoms with van der Waals surface area (Å²) in [6.45, 7) is 18.2. The van der Waals surface area contributed by atoms with E-state index in [1.807, 2.05) is 0 Å². The lowest BCUT2D eigenvalue weighted by Crippen LogP contribution is -2.14. The van der Waals surface area contributed by atoms with Gasteiger partial charge in [0.15, 0.2) is 0 Å². The van der Waals surface area contributed by atoms with Crippen molar-refractivity contribution in [2.24, 2.45) is 0 Å². The van der Waals surface area contributed by atoms with Crippen molar-refractivity contribution in [2.45, 2.75) is 55.4 Å². The normalized spacial score (nSPS) is 11.7. The predicted octanol–water partition coefficient (Wildman–Crippen LogP) is 15.0. The van der Waals surface area contributed by atoms with Gasteiger partial charge in [-0.25, -0.2) is 0 Å². The number of aryl methyl sites for hydroxylation is 8. The summed E-state index contributed by atoms with van der Waals surface area (Å²) in [4.78, 5) is 4.87. The van der Waals surface area contributed by atoms with Crippen LogP contribution in [0.5, 0.6) is 0 Å². The average Bonchev–Trinajstić information content (AvgIpc) is 3.16. The minimum absolute atomic E-state index is 1.18. The lowest BCUT2D eigenvalue weighted by Gasteiger charge is -2.35. The van der Waals surface area contributed by atoms with E-state index in [9.17, 15) is 0 Å². The first-order chi connectivity index (χ1) is 26.2. The highest BCUT2D eigenvalue weighted by Gasteiger charge is 2.33. The third kappa shape index (κ3) is 5.01. The summed E-state index contributed by atoms with van der Waals surface area (Å²) >= 11 is 0. The molecule has 2 nitrogen and oxygen atoms in total. The zero-order valence-electron chi connectivity index (χ0n) is 32.6. The van der Waals surface area contributed by atoms with Crippen molar-refractivity contribution >= 4 is 55.7 Å². The number of nitrogens with zero attached hydrogens (tertiary/aromatic N) is 2. The van der Waals surface area contributed by atoms with Crippen molar-refractivity contribution in [3.8, 4) is 22.3 Å². The van der Waals surface area contributed by atoms with E-state index in [0.717, 1.165) is 0 Å². The third-order valence-corrected chi connectivity index (χ3v) is 12.1. The summed E-state index contributed by atoms with van der Waals surface area (Å²) < 4.78 is 0. The van der Waals surface area contributed by atoms with Gasteiger partial charge >= 0.3 is 0 Å². The Morgan fingerprint density at radius 2 is 0.537 bits per heavy atom. The maximum absolute atomic E-state index is 2.44. The minimum atomic E-state index is 1.18. The second-order valence-electron chi connectivity index (χ2n) is 15.3. The van der Waals surface area contributed by atoms with E-state index in [2.05, 4.69) is 199 Å². The van der Waals surface area contributed by atoms with Crippen molar-refractivity contribution < 1.29 is 0 Å². The first-order valence-corrected chi connectivity index (χ1v) is 19.1. The number of para-hydroxylation sites is 4. The van der Waals surface area contributed by atoms with Crippen molar-refractivity contribution in [3.05, 3.63) is 178 Å². The Kier molecular flexibility index (Phi) is 7.97. The highest BCUT2D eigenvalue weighted by Crippen LogP contribution is 2.58. The van der Waals surface area contributed by atoms with Gasteiger partial charge in [0.2, 0.25) is 0 Å². The summed E-state index contributed by atoms with van der Waals surface area (Å²) in [6.07, 6.45) is 0. The van der Waals surface area contributed by atoms with Crippen LogP contribution in [-0.2, 0) is 0 Å². The molecule has 2 heteroatoms. The van der Waals surface area contributed by atoms with E-state index in [1.54, 1.807) is 0 Å². The second-order valence-corrected chi connectivity index (χ2v) is 15.3. The molecular formula is C52H46N2. The molecule has 1 aliphatic carbocycles. The second kappa shape index (κ2) is 12.8. The lowest BCUT2D eigenvalue weighted by molar-refractivity contribution is 1.23. The van der Waals surface area contributed by atoms with Gasteiger partial charge in [-0.3, -0.25) is 0 Å². The van der Waals surface area contributed by atoms with Gasteiger partial charge in [0, 0.05) is 34.1 Å². The van der Waals surface area contributed by atoms with Gasteiger partial charge in [-0.1, -0.05) is 84.9 Å². The van der Waals surface area contributed by atoms with Gasteiger partial charge in [0.1, 0.15) is 0 Å². The molecule has 0 radical (unpaired) electrons. The molecule has 8 aromatic carbocycles. The Labute approximate surface area is 320 Å². The smallest absolute Gasteiger partial charge is 0.0490 e. The van der Waals surface area contributed by atoms with Crippen molar-refractivity contribution in [1.82, 2.24) is 0 Å². The Bertz CT molecular complexity index is 2540. The van der Waals surface area contributed by atoms with Crippen LogP contribution in [0.3, 0.4) is 0 Å². The van der Waals surface area contributed by atoms with Crippen molar-refractivity contribution in [1.29, 1.82) is 0 Å². The largest absolute Gasteiger partial charge is 0.310 e. The number of hydrogen-bond donors (Lipinski definition) is 0. The lowest BCUT2D eigenvalue weighted by atomic mass is 9.69. The quantitative estimate of drug-likeness (QED) is 0.171. The standard InChI is InChI=1S/C52H46N2/c1-31-17-9-13-21-45(31)53(46-22-14-10-18-32(46)2)39-25-27-41-35(5)49-50-36(6)42-28-26-40(30-44(42)38(8)52(50)51(49)37(7)43(41)29-39)54(47-23-15-11-19-33(47)3)48-24-16-12-20-34(48)4/h9-30H,1-8H3. The average molecular weight is 699 g/mol. The number of anilines is 6. The van der Waals surface area contributed by atoms with E-state index in [4.69, 9.17) is 0 Å². The summed E-state index contributed by atoms with van der Waals surface area (Å²) in [5.74, 6) is 0. The fourth-order valence-corrected chi connectivity index (χ4v) is 9.17. The molecular weight excluding hydrogens is 653 g/mol. The molecule has 0 atom stereocenters. The van der Waals surface area contributed by atoms with Crippen LogP contribution in [0.2, 0.25) is 0 Å². The van der Waals surface area contributed by atoms with Gasteiger partial charge < -0.3 is 9.80 Å². The number of rotatable bonds is 6. The van der Waals surface area contributed by atoms with E-state index in [-0.39, 0.29) is 0 Å². The first kappa shape index (κ1) is 33.7. The van der Waals surface area contributed by atoms with Crippen LogP contribution in [0.4, 0.5) is 34.1 Å². The molecule has 0 aromatic heterocycles. The molecule has 0 unspecified atom stereocenters. The number of benzene rings is 8. The van der Waals surface area contributed by atoms with Crippen molar-refractivity contribution in [3.63, 3.8) is 0 Å². The van der Waals surface area contributed by atoms with Crippen LogP contribution < -0.4 is 9.80 Å². The SMILES string of the molecule is Cc1ccccc1N(c1ccc2c(C)c3c(c(C)c2c1)-c1c-3c(C)c2ccc(N(c3ccccc3C)c3ccccc3C)cc2c1C)c1ccccc1C. The predicted molar refractivity (Wildman–Crippen MR) is 233 cm³/mol. The topological polar surface area (TPSA) is 6.48 Å². The molecule has 0 heterocycles. The summed E-state index contributed by atoms with van der Waals surface area (Å²) in [5, 5.41) is 5.29. The maximum Gasteiger partial charge on any atom is 0.0490 e. The molecule has 264 valence electrons. The van der Waals surface area contributed by atoms with Gasteiger partial charge in [-0.15, -0.1) is 0 Å². The fraction of sp³-hybridized carbons (Fsp3) is 0.154. The molecule has 0 aliphatic heterocycles. The molecule has 1 aliphatic rings. The summed E-state index contributed by atoms with van der Waals surface area (Å²) in [5.41, 5.74) is 23.3. The zero-order valence-corrected chi connectivity index (χ0v) is 32.6. The Balaban J connectivity index is 1.24. The first-order valence-electron chi connectivity index (χ1n) is 19.1. The molecule has 0 amide bonds. The number of fused-ring (bicyclic) bond motifs is 6. The summed E-state index contributed by atoms with van der Waals surface area (Å²) in [7, 11) is 0. The summed E-state index contributed by atoms with van der Waals surface area (Å²) in [6, 6.07) is 49.1. The van der Waals surface area contributed by atoms with E-state index >= 15 is 0 Å². The van der Waals surface area contributed by atoms with Gasteiger partial charge in [0.25, 0.3) is 0 Å². The molecule has 0 spiro atoms. The van der Waals surface area contributed by atoms with E-state index in [1.165, 1.54) is 122 Å².